The lowest BCUT2D eigenvalue weighted by atomic mass is 10.1. The summed E-state index contributed by atoms with van der Waals surface area (Å²) in [6.45, 7) is 4.64. The molecule has 1 aliphatic heterocycles. The maximum absolute atomic E-state index is 11.5. The smallest absolute Gasteiger partial charge is 0.230 e. The summed E-state index contributed by atoms with van der Waals surface area (Å²) in [7, 11) is 0. The molecular formula is C13H13N2O2. The summed E-state index contributed by atoms with van der Waals surface area (Å²) in [5, 5.41) is 4.33. The molecule has 0 saturated heterocycles. The van der Waals surface area contributed by atoms with E-state index in [1.54, 1.807) is 12.1 Å². The van der Waals surface area contributed by atoms with E-state index in [0.717, 1.165) is 16.9 Å². The van der Waals surface area contributed by atoms with Crippen LogP contribution in [-0.4, -0.2) is 11.8 Å². The maximum Gasteiger partial charge on any atom is 0.230 e. The third kappa shape index (κ3) is 1.93. The van der Waals surface area contributed by atoms with Gasteiger partial charge in [-0.05, 0) is 25.1 Å². The van der Waals surface area contributed by atoms with Gasteiger partial charge in [0.15, 0.2) is 0 Å². The predicted molar refractivity (Wildman–Crippen MR) is 65.7 cm³/mol. The van der Waals surface area contributed by atoms with Crippen LogP contribution in [-0.2, 0) is 9.59 Å². The fourth-order valence-electron chi connectivity index (χ4n) is 1.97. The predicted octanol–water partition coefficient (Wildman–Crippen LogP) is 2.20. The molecule has 4 nitrogen and oxygen atoms in total. The first-order valence-corrected chi connectivity index (χ1v) is 5.35. The first-order chi connectivity index (χ1) is 8.00. The van der Waals surface area contributed by atoms with Gasteiger partial charge in [0, 0.05) is 25.1 Å². The molecule has 1 heterocycles. The first-order valence-electron chi connectivity index (χ1n) is 5.35. The van der Waals surface area contributed by atoms with Crippen molar-refractivity contribution in [1.82, 2.24) is 5.32 Å². The van der Waals surface area contributed by atoms with Gasteiger partial charge in [0.2, 0.25) is 11.8 Å². The molecule has 87 valence electrons. The average Bonchev–Trinajstić information content (AvgIpc) is 2.58. The number of allylic oxidation sites excluding steroid dienone is 1. The Morgan fingerprint density at radius 1 is 1.18 bits per heavy atom. The molecule has 17 heavy (non-hydrogen) atoms. The summed E-state index contributed by atoms with van der Waals surface area (Å²) in [6.07, 6.45) is 1.88. The van der Waals surface area contributed by atoms with Crippen molar-refractivity contribution in [3.63, 3.8) is 0 Å². The van der Waals surface area contributed by atoms with E-state index < -0.39 is 0 Å². The van der Waals surface area contributed by atoms with Crippen molar-refractivity contribution < 1.29 is 9.59 Å². The summed E-state index contributed by atoms with van der Waals surface area (Å²) in [5.74, 6) is -0.576. The number of benzene rings is 1. The van der Waals surface area contributed by atoms with E-state index in [1.165, 1.54) is 18.7 Å². The van der Waals surface area contributed by atoms with Crippen LogP contribution in [0.5, 0.6) is 0 Å². The normalized spacial score (nSPS) is 12.5. The Hall–Kier alpha value is -2.10. The second kappa shape index (κ2) is 4.05. The lowest BCUT2D eigenvalue weighted by Gasteiger charge is -2.19. The van der Waals surface area contributed by atoms with Crippen molar-refractivity contribution in [2.45, 2.75) is 20.8 Å². The maximum atomic E-state index is 11.5. The fourth-order valence-corrected chi connectivity index (χ4v) is 1.97. The highest BCUT2D eigenvalue weighted by Gasteiger charge is 2.23. The second-order valence-corrected chi connectivity index (χ2v) is 3.98. The molecule has 1 aromatic carbocycles. The highest BCUT2D eigenvalue weighted by Crippen LogP contribution is 2.35. The van der Waals surface area contributed by atoms with Gasteiger partial charge in [-0.1, -0.05) is 6.07 Å². The van der Waals surface area contributed by atoms with Crippen LogP contribution < -0.4 is 10.2 Å². The van der Waals surface area contributed by atoms with Crippen LogP contribution in [0.15, 0.2) is 23.9 Å². The fraction of sp³-hybridized carbons (Fsp3) is 0.231. The van der Waals surface area contributed by atoms with Crippen molar-refractivity contribution in [2.24, 2.45) is 0 Å². The number of carbonyl (C=O) groups excluding carboxylic acids is 2. The number of rotatable bonds is 1. The van der Waals surface area contributed by atoms with Crippen LogP contribution in [0.2, 0.25) is 0 Å². The standard InChI is InChI=1S/C13H13N2O2/c1-8-7-11-12(14-8)5-4-6-13(11)15(9(2)16)10(3)17/h4-7H,1-3H3. The molecular weight excluding hydrogens is 216 g/mol. The zero-order chi connectivity index (χ0) is 12.6. The minimum Gasteiger partial charge on any atom is -0.274 e. The van der Waals surface area contributed by atoms with Gasteiger partial charge >= 0.3 is 0 Å². The van der Waals surface area contributed by atoms with Gasteiger partial charge in [-0.3, -0.25) is 19.8 Å². The molecule has 1 radical (unpaired) electrons. The van der Waals surface area contributed by atoms with Crippen LogP contribution in [0.4, 0.5) is 11.4 Å². The monoisotopic (exact) mass is 229 g/mol. The molecule has 0 fully saturated rings. The lowest BCUT2D eigenvalue weighted by Crippen LogP contribution is -2.33. The highest BCUT2D eigenvalue weighted by atomic mass is 16.2. The third-order valence-electron chi connectivity index (χ3n) is 2.58. The van der Waals surface area contributed by atoms with E-state index in [0.29, 0.717) is 5.69 Å². The van der Waals surface area contributed by atoms with Crippen molar-refractivity contribution >= 4 is 29.3 Å². The van der Waals surface area contributed by atoms with Gasteiger partial charge in [0.25, 0.3) is 0 Å². The number of carbonyl (C=O) groups is 2. The van der Waals surface area contributed by atoms with Crippen molar-refractivity contribution in [2.75, 3.05) is 4.90 Å². The average molecular weight is 229 g/mol. The minimum atomic E-state index is -0.288. The molecule has 1 aromatic rings. The first kappa shape index (κ1) is 11.4. The van der Waals surface area contributed by atoms with Crippen LogP contribution in [0.3, 0.4) is 0 Å². The van der Waals surface area contributed by atoms with Gasteiger partial charge in [0.1, 0.15) is 0 Å². The molecule has 2 amide bonds. The van der Waals surface area contributed by atoms with Crippen LogP contribution in [0, 0.1) is 0 Å². The molecule has 0 atom stereocenters. The van der Waals surface area contributed by atoms with Gasteiger partial charge in [-0.15, -0.1) is 0 Å². The Labute approximate surface area is 99.9 Å². The SMILES string of the molecule is CC(=O)N(C(C)=O)c1cccc2c1C=C(C)[N]2. The lowest BCUT2D eigenvalue weighted by molar-refractivity contribution is -0.124. The number of fused-ring (bicyclic) bond motifs is 1. The van der Waals surface area contributed by atoms with Gasteiger partial charge in [-0.2, -0.15) is 0 Å². The Morgan fingerprint density at radius 3 is 2.41 bits per heavy atom. The van der Waals surface area contributed by atoms with E-state index in [4.69, 9.17) is 0 Å². The number of imide groups is 1. The Kier molecular flexibility index (Phi) is 2.71. The molecule has 0 saturated carbocycles. The molecule has 0 aromatic heterocycles. The molecule has 0 N–H and O–H groups in total. The quantitative estimate of drug-likeness (QED) is 0.741. The van der Waals surface area contributed by atoms with E-state index in [9.17, 15) is 9.59 Å². The summed E-state index contributed by atoms with van der Waals surface area (Å²) in [4.78, 5) is 24.2. The Bertz CT molecular complexity index is 518. The molecule has 0 unspecified atom stereocenters. The van der Waals surface area contributed by atoms with E-state index in [-0.39, 0.29) is 11.8 Å². The summed E-state index contributed by atoms with van der Waals surface area (Å²) < 4.78 is 0. The summed E-state index contributed by atoms with van der Waals surface area (Å²) in [5.41, 5.74) is 3.10. The van der Waals surface area contributed by atoms with E-state index in [1.807, 2.05) is 19.1 Å². The number of hydrogen-bond donors (Lipinski definition) is 0. The largest absolute Gasteiger partial charge is 0.274 e. The zero-order valence-electron chi connectivity index (χ0n) is 10.0. The molecule has 2 rings (SSSR count). The van der Waals surface area contributed by atoms with Gasteiger partial charge in [0.05, 0.1) is 11.4 Å². The molecule has 1 aliphatic rings. The van der Waals surface area contributed by atoms with Gasteiger partial charge < -0.3 is 0 Å². The molecule has 0 bridgehead atoms. The second-order valence-electron chi connectivity index (χ2n) is 3.98. The zero-order valence-corrected chi connectivity index (χ0v) is 10.0. The van der Waals surface area contributed by atoms with Crippen LogP contribution in [0.1, 0.15) is 26.3 Å². The van der Waals surface area contributed by atoms with E-state index >= 15 is 0 Å². The number of amides is 2. The third-order valence-corrected chi connectivity index (χ3v) is 2.58. The van der Waals surface area contributed by atoms with Crippen molar-refractivity contribution in [3.05, 3.63) is 29.5 Å². The summed E-state index contributed by atoms with van der Waals surface area (Å²) >= 11 is 0. The Morgan fingerprint density at radius 2 is 1.82 bits per heavy atom. The van der Waals surface area contributed by atoms with Crippen molar-refractivity contribution in [1.29, 1.82) is 0 Å². The molecule has 0 spiro atoms. The van der Waals surface area contributed by atoms with Gasteiger partial charge in [-0.25, -0.2) is 0 Å². The van der Waals surface area contributed by atoms with Crippen LogP contribution in [0.25, 0.3) is 6.08 Å². The number of hydrogen-bond acceptors (Lipinski definition) is 2. The topological polar surface area (TPSA) is 51.5 Å². The highest BCUT2D eigenvalue weighted by molar-refractivity contribution is 6.14. The van der Waals surface area contributed by atoms with Crippen molar-refractivity contribution in [3.8, 4) is 0 Å². The minimum absolute atomic E-state index is 0.288. The molecule has 0 aliphatic carbocycles. The van der Waals surface area contributed by atoms with Crippen LogP contribution >= 0.6 is 0 Å². The number of nitrogens with zero attached hydrogens (tertiary/aromatic N) is 2. The van der Waals surface area contributed by atoms with E-state index in [2.05, 4.69) is 5.32 Å². The summed E-state index contributed by atoms with van der Waals surface area (Å²) in [6, 6.07) is 5.42. The Balaban J connectivity index is 2.56. The number of anilines is 1. The molecule has 4 heteroatoms.